The molecule has 4 heteroatoms. The van der Waals surface area contributed by atoms with Crippen LogP contribution in [0, 0.1) is 0 Å². The second kappa shape index (κ2) is 11.1. The van der Waals surface area contributed by atoms with Crippen LogP contribution in [0.1, 0.15) is 59.7 Å². The van der Waals surface area contributed by atoms with E-state index in [1.165, 1.54) is 19.3 Å². The van der Waals surface area contributed by atoms with E-state index < -0.39 is 5.97 Å². The van der Waals surface area contributed by atoms with E-state index in [2.05, 4.69) is 11.7 Å². The van der Waals surface area contributed by atoms with Gasteiger partial charge in [-0.25, -0.2) is 4.79 Å². The summed E-state index contributed by atoms with van der Waals surface area (Å²) >= 11 is 0. The SMILES string of the molecule is CCCCCCC(=O)/C=C\C=C\C(=O)c1ccc(C(=O)OC)cc1. The van der Waals surface area contributed by atoms with Gasteiger partial charge in [-0.3, -0.25) is 9.59 Å². The molecular formula is C20H24O4. The highest BCUT2D eigenvalue weighted by Gasteiger charge is 2.06. The quantitative estimate of drug-likeness (QED) is 0.211. The van der Waals surface area contributed by atoms with Gasteiger partial charge in [0, 0.05) is 12.0 Å². The van der Waals surface area contributed by atoms with Crippen molar-refractivity contribution in [2.24, 2.45) is 0 Å². The van der Waals surface area contributed by atoms with Gasteiger partial charge in [0.15, 0.2) is 11.6 Å². The van der Waals surface area contributed by atoms with Gasteiger partial charge < -0.3 is 4.74 Å². The van der Waals surface area contributed by atoms with Crippen molar-refractivity contribution in [1.29, 1.82) is 0 Å². The smallest absolute Gasteiger partial charge is 0.337 e. The molecule has 0 spiro atoms. The van der Waals surface area contributed by atoms with Gasteiger partial charge in [0.25, 0.3) is 0 Å². The van der Waals surface area contributed by atoms with Crippen LogP contribution in [0.2, 0.25) is 0 Å². The van der Waals surface area contributed by atoms with E-state index in [1.54, 1.807) is 36.4 Å². The summed E-state index contributed by atoms with van der Waals surface area (Å²) in [5, 5.41) is 0. The molecule has 0 amide bonds. The van der Waals surface area contributed by atoms with Crippen LogP contribution in [0.25, 0.3) is 0 Å². The highest BCUT2D eigenvalue weighted by atomic mass is 16.5. The molecular weight excluding hydrogens is 304 g/mol. The number of hydrogen-bond acceptors (Lipinski definition) is 4. The number of benzene rings is 1. The van der Waals surface area contributed by atoms with Crippen molar-refractivity contribution in [3.05, 3.63) is 59.7 Å². The predicted molar refractivity (Wildman–Crippen MR) is 94.2 cm³/mol. The van der Waals surface area contributed by atoms with Crippen LogP contribution in [-0.2, 0) is 9.53 Å². The number of rotatable bonds is 10. The highest BCUT2D eigenvalue weighted by Crippen LogP contribution is 2.07. The van der Waals surface area contributed by atoms with Crippen LogP contribution in [0.15, 0.2) is 48.6 Å². The lowest BCUT2D eigenvalue weighted by Crippen LogP contribution is -2.02. The van der Waals surface area contributed by atoms with E-state index in [9.17, 15) is 14.4 Å². The first-order valence-electron chi connectivity index (χ1n) is 8.18. The van der Waals surface area contributed by atoms with Crippen LogP contribution in [0.5, 0.6) is 0 Å². The Kier molecular flexibility index (Phi) is 9.05. The van der Waals surface area contributed by atoms with E-state index >= 15 is 0 Å². The maximum atomic E-state index is 12.0. The van der Waals surface area contributed by atoms with E-state index in [0.717, 1.165) is 25.7 Å². The summed E-state index contributed by atoms with van der Waals surface area (Å²) in [6.45, 7) is 2.13. The molecule has 0 saturated heterocycles. The summed E-state index contributed by atoms with van der Waals surface area (Å²) in [4.78, 5) is 34.9. The lowest BCUT2D eigenvalue weighted by molar-refractivity contribution is -0.114. The fourth-order valence-corrected chi connectivity index (χ4v) is 2.10. The van der Waals surface area contributed by atoms with E-state index in [4.69, 9.17) is 0 Å². The molecule has 24 heavy (non-hydrogen) atoms. The third-order valence-corrected chi connectivity index (χ3v) is 3.51. The number of hydrogen-bond donors (Lipinski definition) is 0. The minimum absolute atomic E-state index is 0.0747. The molecule has 0 aromatic heterocycles. The summed E-state index contributed by atoms with van der Waals surface area (Å²) in [7, 11) is 1.31. The van der Waals surface area contributed by atoms with E-state index in [1.807, 2.05) is 0 Å². The van der Waals surface area contributed by atoms with Crippen LogP contribution in [-0.4, -0.2) is 24.6 Å². The first-order valence-corrected chi connectivity index (χ1v) is 8.18. The number of allylic oxidation sites excluding steroid dienone is 4. The van der Waals surface area contributed by atoms with Gasteiger partial charge in [0.05, 0.1) is 12.7 Å². The first-order chi connectivity index (χ1) is 11.6. The Labute approximate surface area is 143 Å². The molecule has 1 aromatic rings. The Morgan fingerprint density at radius 1 is 0.917 bits per heavy atom. The third kappa shape index (κ3) is 7.18. The fraction of sp³-hybridized carbons (Fsp3) is 0.350. The number of unbranched alkanes of at least 4 members (excludes halogenated alkanes) is 3. The van der Waals surface area contributed by atoms with E-state index in [0.29, 0.717) is 17.5 Å². The summed E-state index contributed by atoms with van der Waals surface area (Å²) in [5.74, 6) is -0.554. The Morgan fingerprint density at radius 3 is 2.17 bits per heavy atom. The third-order valence-electron chi connectivity index (χ3n) is 3.51. The molecule has 0 bridgehead atoms. The van der Waals surface area contributed by atoms with E-state index in [-0.39, 0.29) is 11.6 Å². The predicted octanol–water partition coefficient (Wildman–Crippen LogP) is 4.31. The number of esters is 1. The van der Waals surface area contributed by atoms with Gasteiger partial charge in [0.1, 0.15) is 0 Å². The molecule has 1 aromatic carbocycles. The number of carbonyl (C=O) groups excluding carboxylic acids is 3. The molecule has 0 aliphatic rings. The highest BCUT2D eigenvalue weighted by molar-refractivity contribution is 6.05. The molecule has 0 fully saturated rings. The van der Waals surface area contributed by atoms with Crippen LogP contribution in [0.3, 0.4) is 0 Å². The molecule has 1 rings (SSSR count). The van der Waals surface area contributed by atoms with Gasteiger partial charge in [0.2, 0.25) is 0 Å². The van der Waals surface area contributed by atoms with Gasteiger partial charge in [-0.15, -0.1) is 0 Å². The minimum Gasteiger partial charge on any atom is -0.465 e. The lowest BCUT2D eigenvalue weighted by atomic mass is 10.1. The molecule has 0 heterocycles. The van der Waals surface area contributed by atoms with Gasteiger partial charge >= 0.3 is 5.97 Å². The largest absolute Gasteiger partial charge is 0.465 e. The van der Waals surface area contributed by atoms with Crippen LogP contribution < -0.4 is 0 Å². The Morgan fingerprint density at radius 2 is 1.54 bits per heavy atom. The molecule has 0 radical (unpaired) electrons. The standard InChI is InChI=1S/C20H24O4/c1-3-4-5-6-9-18(21)10-7-8-11-19(22)16-12-14-17(15-13-16)20(23)24-2/h7-8,10-15H,3-6,9H2,1-2H3/b10-7-,11-8+. The van der Waals surface area contributed by atoms with Crippen molar-refractivity contribution in [2.75, 3.05) is 7.11 Å². The summed E-state index contributed by atoms with van der Waals surface area (Å²) in [5.41, 5.74) is 0.866. The molecule has 128 valence electrons. The zero-order valence-electron chi connectivity index (χ0n) is 14.3. The molecule has 0 N–H and O–H groups in total. The summed E-state index contributed by atoms with van der Waals surface area (Å²) in [6, 6.07) is 6.23. The number of methoxy groups -OCH3 is 1. The van der Waals surface area contributed by atoms with Crippen LogP contribution >= 0.6 is 0 Å². The molecule has 0 aliphatic carbocycles. The lowest BCUT2D eigenvalue weighted by Gasteiger charge is -1.99. The fourth-order valence-electron chi connectivity index (χ4n) is 2.10. The summed E-state index contributed by atoms with van der Waals surface area (Å²) < 4.78 is 4.60. The van der Waals surface area contributed by atoms with Gasteiger partial charge in [-0.2, -0.15) is 0 Å². The monoisotopic (exact) mass is 328 g/mol. The zero-order chi connectivity index (χ0) is 17.8. The van der Waals surface area contributed by atoms with Crippen molar-refractivity contribution < 1.29 is 19.1 Å². The van der Waals surface area contributed by atoms with Crippen molar-refractivity contribution in [2.45, 2.75) is 39.0 Å². The normalized spacial score (nSPS) is 11.1. The molecule has 0 saturated carbocycles. The molecule has 0 atom stereocenters. The Bertz CT molecular complexity index is 609. The van der Waals surface area contributed by atoms with Crippen molar-refractivity contribution in [3.8, 4) is 0 Å². The Hall–Kier alpha value is -2.49. The average Bonchev–Trinajstić information content (AvgIpc) is 2.61. The Balaban J connectivity index is 2.46. The maximum Gasteiger partial charge on any atom is 0.337 e. The van der Waals surface area contributed by atoms with Crippen molar-refractivity contribution in [1.82, 2.24) is 0 Å². The van der Waals surface area contributed by atoms with Gasteiger partial charge in [-0.05, 0) is 30.7 Å². The molecule has 4 nitrogen and oxygen atoms in total. The zero-order valence-corrected chi connectivity index (χ0v) is 14.3. The molecule has 0 unspecified atom stereocenters. The number of carbonyl (C=O) groups is 3. The van der Waals surface area contributed by atoms with Crippen molar-refractivity contribution >= 4 is 17.5 Å². The first kappa shape index (κ1) is 19.6. The minimum atomic E-state index is -0.440. The maximum absolute atomic E-state index is 12.0. The average molecular weight is 328 g/mol. The van der Waals surface area contributed by atoms with Crippen molar-refractivity contribution in [3.63, 3.8) is 0 Å². The second-order valence-electron chi connectivity index (χ2n) is 5.43. The molecule has 0 aliphatic heterocycles. The topological polar surface area (TPSA) is 60.4 Å². The summed E-state index contributed by atoms with van der Waals surface area (Å²) in [6.07, 6.45) is 10.9. The van der Waals surface area contributed by atoms with Crippen LogP contribution in [0.4, 0.5) is 0 Å². The number of ether oxygens (including phenoxy) is 1. The number of ketones is 2. The van der Waals surface area contributed by atoms with Gasteiger partial charge in [-0.1, -0.05) is 50.5 Å². The second-order valence-corrected chi connectivity index (χ2v) is 5.43.